The molecule has 2 atom stereocenters. The van der Waals surface area contributed by atoms with Crippen LogP contribution in [0.2, 0.25) is 0 Å². The summed E-state index contributed by atoms with van der Waals surface area (Å²) in [6.07, 6.45) is 8.27. The normalized spacial score (nSPS) is 22.4. The van der Waals surface area contributed by atoms with E-state index in [0.29, 0.717) is 75.5 Å². The molecular formula is C53H61F2N11O5. The zero-order valence-electron chi connectivity index (χ0n) is 40.6. The Balaban J connectivity index is 0.652. The van der Waals surface area contributed by atoms with Gasteiger partial charge in [-0.2, -0.15) is 4.98 Å². The summed E-state index contributed by atoms with van der Waals surface area (Å²) >= 11 is 0. The van der Waals surface area contributed by atoms with E-state index in [1.807, 2.05) is 23.7 Å². The summed E-state index contributed by atoms with van der Waals surface area (Å²) < 4.78 is 35.3. The van der Waals surface area contributed by atoms with Gasteiger partial charge in [-0.15, -0.1) is 0 Å². The number of hydrogen-bond donors (Lipinski definition) is 2. The number of amides is 4. The molecular weight excluding hydrogens is 909 g/mol. The van der Waals surface area contributed by atoms with Crippen molar-refractivity contribution in [2.75, 3.05) is 69.6 Å². The molecule has 1 aliphatic carbocycles. The summed E-state index contributed by atoms with van der Waals surface area (Å²) in [6, 6.07) is 13.9. The van der Waals surface area contributed by atoms with Crippen molar-refractivity contribution < 1.29 is 28.0 Å². The maximum atomic E-state index is 15.9. The fourth-order valence-corrected chi connectivity index (χ4v) is 12.2. The number of likely N-dealkylation sites (tertiary alicyclic amines) is 2. The number of carbonyl (C=O) groups excluding carboxylic acids is 4. The minimum absolute atomic E-state index is 0.0194. The Morgan fingerprint density at radius 3 is 2.31 bits per heavy atom. The van der Waals surface area contributed by atoms with E-state index >= 15 is 8.78 Å². The van der Waals surface area contributed by atoms with Crippen molar-refractivity contribution in [3.8, 4) is 5.69 Å². The number of halogens is 2. The van der Waals surface area contributed by atoms with Gasteiger partial charge in [-0.05, 0) is 124 Å². The molecule has 372 valence electrons. The smallest absolute Gasteiger partial charge is 0.354 e. The highest BCUT2D eigenvalue weighted by Crippen LogP contribution is 2.58. The summed E-state index contributed by atoms with van der Waals surface area (Å²) in [5.74, 6) is -1.78. The maximum absolute atomic E-state index is 15.9. The van der Waals surface area contributed by atoms with Crippen molar-refractivity contribution in [1.82, 2.24) is 44.0 Å². The molecule has 4 amide bonds. The second-order valence-electron chi connectivity index (χ2n) is 20.8. The minimum atomic E-state index is -0.663. The van der Waals surface area contributed by atoms with Crippen LogP contribution in [0.4, 0.5) is 20.3 Å². The minimum Gasteiger partial charge on any atom is -0.373 e. The van der Waals surface area contributed by atoms with E-state index in [1.165, 1.54) is 16.7 Å². The Hall–Kier alpha value is -6.37. The van der Waals surface area contributed by atoms with Crippen LogP contribution in [0.15, 0.2) is 65.7 Å². The largest absolute Gasteiger partial charge is 0.373 e. The average Bonchev–Trinajstić information content (AvgIpc) is 4.07. The number of aromatic nitrogens is 4. The lowest BCUT2D eigenvalue weighted by atomic mass is 9.87. The third kappa shape index (κ3) is 8.70. The molecule has 2 aromatic carbocycles. The van der Waals surface area contributed by atoms with E-state index in [4.69, 9.17) is 0 Å². The van der Waals surface area contributed by atoms with E-state index < -0.39 is 34.7 Å². The molecule has 18 heteroatoms. The maximum Gasteiger partial charge on any atom is 0.354 e. The first-order valence-corrected chi connectivity index (χ1v) is 25.3. The van der Waals surface area contributed by atoms with Crippen molar-refractivity contribution in [1.29, 1.82) is 0 Å². The predicted molar refractivity (Wildman–Crippen MR) is 263 cm³/mol. The molecule has 8 heterocycles. The van der Waals surface area contributed by atoms with Crippen LogP contribution in [-0.2, 0) is 39.9 Å². The first-order valence-electron chi connectivity index (χ1n) is 25.3. The van der Waals surface area contributed by atoms with E-state index in [-0.39, 0.29) is 41.2 Å². The number of hydrogen-bond acceptors (Lipinski definition) is 11. The Morgan fingerprint density at radius 1 is 0.859 bits per heavy atom. The van der Waals surface area contributed by atoms with E-state index in [2.05, 4.69) is 54.4 Å². The van der Waals surface area contributed by atoms with E-state index in [9.17, 15) is 24.0 Å². The van der Waals surface area contributed by atoms with Crippen molar-refractivity contribution in [3.05, 3.63) is 111 Å². The zero-order chi connectivity index (χ0) is 49.3. The van der Waals surface area contributed by atoms with Gasteiger partial charge in [-0.25, -0.2) is 18.6 Å². The number of pyridine rings is 1. The Bertz CT molecular complexity index is 2980. The quantitative estimate of drug-likeness (QED) is 0.170. The fraction of sp³-hybridized carbons (Fsp3) is 0.491. The second kappa shape index (κ2) is 18.7. The van der Waals surface area contributed by atoms with Crippen LogP contribution in [0, 0.1) is 17.6 Å². The van der Waals surface area contributed by atoms with Gasteiger partial charge in [0.1, 0.15) is 29.1 Å². The van der Waals surface area contributed by atoms with Gasteiger partial charge in [0.2, 0.25) is 17.7 Å². The van der Waals surface area contributed by atoms with Crippen LogP contribution in [-0.4, -0.2) is 134 Å². The van der Waals surface area contributed by atoms with E-state index in [0.717, 1.165) is 91.9 Å². The number of fused-ring (bicyclic) bond motifs is 3. The van der Waals surface area contributed by atoms with Gasteiger partial charge in [-0.1, -0.05) is 12.1 Å². The lowest BCUT2D eigenvalue weighted by Crippen LogP contribution is -2.54. The SMILES string of the molecule is CNc1ccn(-c2ccnc3c2cc(CN2CCC(c4c(F)cc(C(=O)N5CCC(CN6CCN(Cc7ccc8c(c7)C7(CC7)C(=O)N8C7CCC(=O)NC7=O)C[C@@H]6C)CC5)cc4F)CC2)n3C)c(=O)n1. The number of anilines is 2. The highest BCUT2D eigenvalue weighted by Gasteiger charge is 2.61. The van der Waals surface area contributed by atoms with Crippen LogP contribution in [0.3, 0.4) is 0 Å². The molecule has 1 saturated carbocycles. The number of nitrogens with one attached hydrogen (secondary N) is 2. The molecule has 1 spiro atoms. The number of benzene rings is 2. The molecule has 5 aliphatic heterocycles. The number of piperazine rings is 1. The summed E-state index contributed by atoms with van der Waals surface area (Å²) in [4.78, 5) is 84.2. The summed E-state index contributed by atoms with van der Waals surface area (Å²) in [5, 5.41) is 6.13. The summed E-state index contributed by atoms with van der Waals surface area (Å²) in [5.41, 5.74) is 4.56. The van der Waals surface area contributed by atoms with Gasteiger partial charge < -0.3 is 14.8 Å². The number of carbonyl (C=O) groups is 4. The molecule has 1 unspecified atom stereocenters. The molecule has 0 bridgehead atoms. The van der Waals surface area contributed by atoms with Gasteiger partial charge in [0, 0.05) is 119 Å². The number of imide groups is 1. The van der Waals surface area contributed by atoms with Gasteiger partial charge in [0.15, 0.2) is 0 Å². The molecule has 5 aromatic rings. The van der Waals surface area contributed by atoms with Crippen LogP contribution in [0.25, 0.3) is 16.7 Å². The first kappa shape index (κ1) is 47.0. The molecule has 5 fully saturated rings. The van der Waals surface area contributed by atoms with Crippen molar-refractivity contribution in [2.24, 2.45) is 13.0 Å². The summed E-state index contributed by atoms with van der Waals surface area (Å²) in [6.45, 7) is 9.63. The molecule has 6 aliphatic rings. The molecule has 0 radical (unpaired) electrons. The topological polar surface area (TPSA) is 161 Å². The molecule has 16 nitrogen and oxygen atoms in total. The van der Waals surface area contributed by atoms with Gasteiger partial charge in [0.05, 0.1) is 11.1 Å². The fourth-order valence-electron chi connectivity index (χ4n) is 12.2. The lowest BCUT2D eigenvalue weighted by molar-refractivity contribution is -0.135. The first-order chi connectivity index (χ1) is 34.3. The Labute approximate surface area is 411 Å². The molecule has 11 rings (SSSR count). The van der Waals surface area contributed by atoms with Gasteiger partial charge in [0.25, 0.3) is 5.91 Å². The molecule has 71 heavy (non-hydrogen) atoms. The average molecular weight is 970 g/mol. The molecule has 4 saturated heterocycles. The molecule has 2 N–H and O–H groups in total. The third-order valence-electron chi connectivity index (χ3n) is 16.4. The number of nitrogens with zero attached hydrogens (tertiary/aromatic N) is 9. The zero-order valence-corrected chi connectivity index (χ0v) is 40.6. The van der Waals surface area contributed by atoms with E-state index in [1.54, 1.807) is 41.4 Å². The lowest BCUT2D eigenvalue weighted by Gasteiger charge is -2.42. The second-order valence-corrected chi connectivity index (χ2v) is 20.8. The molecule has 3 aromatic heterocycles. The summed E-state index contributed by atoms with van der Waals surface area (Å²) in [7, 11) is 3.66. The third-order valence-corrected chi connectivity index (χ3v) is 16.4. The van der Waals surface area contributed by atoms with Crippen molar-refractivity contribution in [3.63, 3.8) is 0 Å². The Kier molecular flexibility index (Phi) is 12.4. The highest BCUT2D eigenvalue weighted by atomic mass is 19.1. The number of piperidine rings is 3. The van der Waals surface area contributed by atoms with Crippen molar-refractivity contribution >= 4 is 46.2 Å². The van der Waals surface area contributed by atoms with Crippen molar-refractivity contribution in [2.45, 2.75) is 94.8 Å². The van der Waals surface area contributed by atoms with Gasteiger partial charge >= 0.3 is 5.69 Å². The van der Waals surface area contributed by atoms with Crippen LogP contribution in [0.5, 0.6) is 0 Å². The number of rotatable bonds is 11. The standard InChI is InChI=1S/C53H61F2N11O5/c1-32-28-62(29-34-4-5-43-39(24-34)53(14-15-53)51(70)66(43)44-6-7-46(67)59-49(44)68)22-23-64(32)30-33-9-19-63(20-10-33)50(69)36-25-40(54)47(41(55)26-36)35-11-17-61(18-12-35)31-37-27-38-42(8-16-57-48(38)60(37)3)65-21-13-45(56-2)58-52(65)71/h4-5,8,13,16,21,24-27,32-33,35,44H,6-7,9-12,14-15,17-20,22-23,28-31H2,1-3H3,(H,56,58,71)(H,59,67,68)/t32-,44?/m0/s1. The predicted octanol–water partition coefficient (Wildman–Crippen LogP) is 5.06. The Morgan fingerprint density at radius 2 is 1.62 bits per heavy atom. The highest BCUT2D eigenvalue weighted by molar-refractivity contribution is 6.15. The van der Waals surface area contributed by atoms with Crippen LogP contribution in [0.1, 0.15) is 97.0 Å². The van der Waals surface area contributed by atoms with Gasteiger partial charge in [-0.3, -0.25) is 48.7 Å². The monoisotopic (exact) mass is 969 g/mol. The van der Waals surface area contributed by atoms with Crippen LogP contribution < -0.4 is 21.2 Å². The number of aryl methyl sites for hydroxylation is 1. The van der Waals surface area contributed by atoms with Crippen LogP contribution >= 0.6 is 0 Å².